The van der Waals surface area contributed by atoms with Gasteiger partial charge in [-0.1, -0.05) is 57.5 Å². The molecule has 1 saturated heterocycles. The number of rotatable bonds is 8. The van der Waals surface area contributed by atoms with E-state index in [0.717, 1.165) is 29.4 Å². The number of nitrogens with zero attached hydrogens (tertiary/aromatic N) is 1. The van der Waals surface area contributed by atoms with Crippen molar-refractivity contribution in [3.8, 4) is 5.75 Å². The molecule has 0 aliphatic carbocycles. The molecule has 0 aromatic heterocycles. The van der Waals surface area contributed by atoms with E-state index in [0.29, 0.717) is 16.6 Å². The molecule has 0 N–H and O–H groups in total. The van der Waals surface area contributed by atoms with Crippen LogP contribution in [0.5, 0.6) is 5.75 Å². The molecule has 1 aliphatic rings. The molecule has 0 saturated carbocycles. The molecule has 4 rings (SSSR count). The van der Waals surface area contributed by atoms with Gasteiger partial charge in [0.05, 0.1) is 49.0 Å². The Morgan fingerprint density at radius 1 is 0.778 bits per heavy atom. The largest absolute Gasteiger partial charge is 1.00 e. The summed E-state index contributed by atoms with van der Waals surface area (Å²) in [5, 5.41) is 0. The molecule has 0 radical (unpaired) electrons. The van der Waals surface area contributed by atoms with Gasteiger partial charge in [-0.25, -0.2) is 16.8 Å². The van der Waals surface area contributed by atoms with Gasteiger partial charge < -0.3 is 26.2 Å². The molecule has 0 bridgehead atoms. The number of likely N-dealkylation sites (tertiary alicyclic amines) is 1. The zero-order valence-corrected chi connectivity index (χ0v) is 32.7. The first-order chi connectivity index (χ1) is 20.1. The minimum atomic E-state index is -4.30. The van der Waals surface area contributed by atoms with Crippen LogP contribution in [0.1, 0.15) is 64.0 Å². The van der Waals surface area contributed by atoms with E-state index < -0.39 is 20.0 Å². The van der Waals surface area contributed by atoms with Crippen molar-refractivity contribution in [2.75, 3.05) is 34.3 Å². The van der Waals surface area contributed by atoms with E-state index in [1.54, 1.807) is 67.8 Å². The van der Waals surface area contributed by atoms with E-state index >= 15 is 0 Å². The van der Waals surface area contributed by atoms with Crippen LogP contribution in [0.4, 0.5) is 0 Å². The first-order valence-corrected chi connectivity index (χ1v) is 17.8. The molecular formula is C34H49ClNNaO6S2. The average Bonchev–Trinajstić information content (AvgIpc) is 3.31. The SMILES string of the molecule is CCC(C)c1ccc(S(=O)(=O)[O-])cc1.CCC1C[N+](C)(C)CC1CC.COc1ccc(S(=O)(=O)c2ccc(C)cc2)cc1.[Cl-].[Na+]. The molecule has 0 spiro atoms. The van der Waals surface area contributed by atoms with Gasteiger partial charge in [0, 0.05) is 11.8 Å². The fourth-order valence-electron chi connectivity index (χ4n) is 5.37. The Labute approximate surface area is 300 Å². The molecule has 3 aromatic carbocycles. The summed E-state index contributed by atoms with van der Waals surface area (Å²) in [5.74, 6) is 3.02. The molecule has 7 nitrogen and oxygen atoms in total. The molecule has 246 valence electrons. The number of hydrogen-bond donors (Lipinski definition) is 0. The molecule has 1 aliphatic heterocycles. The normalized spacial score (nSPS) is 17.6. The fourth-order valence-corrected chi connectivity index (χ4v) is 7.10. The van der Waals surface area contributed by atoms with Gasteiger partial charge in [0.2, 0.25) is 9.84 Å². The smallest absolute Gasteiger partial charge is 1.00 e. The summed E-state index contributed by atoms with van der Waals surface area (Å²) in [7, 11) is -1.47. The van der Waals surface area contributed by atoms with Crippen molar-refractivity contribution in [2.45, 2.75) is 74.5 Å². The number of methoxy groups -OCH3 is 1. The van der Waals surface area contributed by atoms with E-state index in [1.807, 2.05) is 6.92 Å². The Hall–Kier alpha value is -1.43. The van der Waals surface area contributed by atoms with Crippen molar-refractivity contribution >= 4 is 20.0 Å². The van der Waals surface area contributed by atoms with Crippen LogP contribution < -0.4 is 46.7 Å². The monoisotopic (exact) mass is 689 g/mol. The van der Waals surface area contributed by atoms with E-state index in [4.69, 9.17) is 4.74 Å². The van der Waals surface area contributed by atoms with Gasteiger partial charge in [-0.3, -0.25) is 0 Å². The summed E-state index contributed by atoms with van der Waals surface area (Å²) >= 11 is 0. The van der Waals surface area contributed by atoms with E-state index in [2.05, 4.69) is 41.8 Å². The van der Waals surface area contributed by atoms with Crippen molar-refractivity contribution in [1.82, 2.24) is 0 Å². The van der Waals surface area contributed by atoms with Crippen molar-refractivity contribution in [3.63, 3.8) is 0 Å². The Kier molecular flexibility index (Phi) is 18.8. The summed E-state index contributed by atoms with van der Waals surface area (Å²) in [4.78, 5) is 0.412. The second kappa shape index (κ2) is 19.4. The van der Waals surface area contributed by atoms with Crippen LogP contribution in [-0.2, 0) is 20.0 Å². The van der Waals surface area contributed by atoms with Crippen molar-refractivity contribution in [3.05, 3.63) is 83.9 Å². The summed E-state index contributed by atoms with van der Waals surface area (Å²) < 4.78 is 62.7. The number of hydrogen-bond acceptors (Lipinski definition) is 6. The van der Waals surface area contributed by atoms with Gasteiger partial charge in [-0.05, 0) is 86.2 Å². The zero-order valence-electron chi connectivity index (χ0n) is 28.3. The Morgan fingerprint density at radius 3 is 1.53 bits per heavy atom. The zero-order chi connectivity index (χ0) is 32.4. The van der Waals surface area contributed by atoms with Crippen molar-refractivity contribution in [2.24, 2.45) is 11.8 Å². The van der Waals surface area contributed by atoms with Crippen LogP contribution in [0.2, 0.25) is 0 Å². The van der Waals surface area contributed by atoms with E-state index in [9.17, 15) is 21.4 Å². The topological polar surface area (TPSA) is 101 Å². The van der Waals surface area contributed by atoms with Crippen molar-refractivity contribution in [1.29, 1.82) is 0 Å². The van der Waals surface area contributed by atoms with Crippen LogP contribution in [0.25, 0.3) is 0 Å². The fraction of sp³-hybridized carbons (Fsp3) is 0.471. The molecule has 1 heterocycles. The van der Waals surface area contributed by atoms with E-state index in [-0.39, 0.29) is 51.8 Å². The summed E-state index contributed by atoms with van der Waals surface area (Å²) in [5.41, 5.74) is 2.09. The Balaban J connectivity index is 0.000000651. The number of sulfone groups is 1. The van der Waals surface area contributed by atoms with Gasteiger partial charge >= 0.3 is 29.6 Å². The third kappa shape index (κ3) is 13.3. The Morgan fingerprint density at radius 2 is 1.18 bits per heavy atom. The molecule has 3 atom stereocenters. The first-order valence-electron chi connectivity index (χ1n) is 14.9. The molecule has 1 fully saturated rings. The van der Waals surface area contributed by atoms with Crippen LogP contribution in [0.15, 0.2) is 87.5 Å². The maximum absolute atomic E-state index is 12.3. The predicted octanol–water partition coefficient (Wildman–Crippen LogP) is 1.08. The van der Waals surface area contributed by atoms with Crippen LogP contribution in [0.3, 0.4) is 0 Å². The number of quaternary nitrogens is 1. The van der Waals surface area contributed by atoms with E-state index in [1.165, 1.54) is 42.5 Å². The molecule has 3 aromatic rings. The summed E-state index contributed by atoms with van der Waals surface area (Å²) in [6.07, 6.45) is 3.74. The molecule has 11 heteroatoms. The summed E-state index contributed by atoms with van der Waals surface area (Å²) in [6.45, 7) is 13.5. The quantitative estimate of drug-likeness (QED) is 0.200. The van der Waals surface area contributed by atoms with Gasteiger partial charge in [-0.2, -0.15) is 0 Å². The Bertz CT molecular complexity index is 1480. The van der Waals surface area contributed by atoms with Crippen LogP contribution >= 0.6 is 0 Å². The maximum Gasteiger partial charge on any atom is 1.00 e. The standard InChI is InChI=1S/C14H14O3S.C10H22N.C10H14O3S.ClH.Na/c1-11-3-7-13(8-4-11)18(15,16)14-9-5-12(17-2)6-10-14;1-5-9-7-11(3,4)8-10(9)6-2;1-3-8(2)9-4-6-10(7-5-9)14(11,12)13;;/h3-10H,1-2H3;9-10H,5-8H2,1-4H3;4-8H,3H2,1-2H3,(H,11,12,13);1H;/q;+1;;;+1/p-2. The van der Waals surface area contributed by atoms with Crippen LogP contribution in [-0.4, -0.2) is 60.2 Å². The number of aryl methyl sites for hydroxylation is 1. The second-order valence-corrected chi connectivity index (χ2v) is 15.3. The van der Waals surface area contributed by atoms with Crippen molar-refractivity contribution < 1.29 is 72.6 Å². The molecule has 0 amide bonds. The van der Waals surface area contributed by atoms with Gasteiger partial charge in [-0.15, -0.1) is 0 Å². The minimum absolute atomic E-state index is 0. The molecule has 45 heavy (non-hydrogen) atoms. The first kappa shape index (κ1) is 43.6. The second-order valence-electron chi connectivity index (χ2n) is 12.0. The maximum atomic E-state index is 12.3. The minimum Gasteiger partial charge on any atom is -1.00 e. The van der Waals surface area contributed by atoms with Gasteiger partial charge in [0.15, 0.2) is 0 Å². The van der Waals surface area contributed by atoms with Gasteiger partial charge in [0.1, 0.15) is 15.9 Å². The van der Waals surface area contributed by atoms with Crippen LogP contribution in [0, 0.1) is 18.8 Å². The van der Waals surface area contributed by atoms with Gasteiger partial charge in [0.25, 0.3) is 0 Å². The third-order valence-electron chi connectivity index (χ3n) is 8.22. The number of halogens is 1. The summed E-state index contributed by atoms with van der Waals surface area (Å²) in [6, 6.07) is 19.3. The molecular weight excluding hydrogens is 641 g/mol. The predicted molar refractivity (Wildman–Crippen MR) is 172 cm³/mol. The molecule has 3 unspecified atom stereocenters. The third-order valence-corrected chi connectivity index (χ3v) is 10.9. The average molecular weight is 690 g/mol. The number of ether oxygens (including phenoxy) is 1. The number of benzene rings is 3.